The third-order valence-electron chi connectivity index (χ3n) is 3.77. The van der Waals surface area contributed by atoms with E-state index >= 15 is 0 Å². The molecule has 1 amide bonds. The number of pyridine rings is 1. The maximum atomic E-state index is 12.2. The van der Waals surface area contributed by atoms with Crippen LogP contribution in [0.1, 0.15) is 30.6 Å². The molecule has 0 spiro atoms. The van der Waals surface area contributed by atoms with Crippen LogP contribution in [0.5, 0.6) is 5.88 Å². The lowest BCUT2D eigenvalue weighted by Gasteiger charge is -2.22. The highest BCUT2D eigenvalue weighted by molar-refractivity contribution is 6.03. The Bertz CT molecular complexity index is 758. The summed E-state index contributed by atoms with van der Waals surface area (Å²) in [4.78, 5) is 15.9. The second-order valence-corrected chi connectivity index (χ2v) is 6.45. The SMILES string of the molecule is COC(C)(C)CCn1cc(NC(=O)c2ccc(OCC(F)(F)F)nc2)cn1. The summed E-state index contributed by atoms with van der Waals surface area (Å²) in [6.07, 6.45) is 0.620. The van der Waals surface area contributed by atoms with E-state index in [4.69, 9.17) is 4.74 Å². The molecule has 0 aliphatic carbocycles. The van der Waals surface area contributed by atoms with E-state index in [1.54, 1.807) is 18.0 Å². The average molecular weight is 386 g/mol. The van der Waals surface area contributed by atoms with Gasteiger partial charge in [0.2, 0.25) is 5.88 Å². The number of carbonyl (C=O) groups is 1. The number of hydrogen-bond acceptors (Lipinski definition) is 5. The van der Waals surface area contributed by atoms with Crippen molar-refractivity contribution < 1.29 is 27.4 Å². The van der Waals surface area contributed by atoms with Gasteiger partial charge >= 0.3 is 6.18 Å². The lowest BCUT2D eigenvalue weighted by Crippen LogP contribution is -2.24. The molecule has 0 fully saturated rings. The van der Waals surface area contributed by atoms with Gasteiger partial charge in [0.1, 0.15) is 0 Å². The number of methoxy groups -OCH3 is 1. The van der Waals surface area contributed by atoms with Crippen molar-refractivity contribution >= 4 is 11.6 Å². The first kappa shape index (κ1) is 20.7. The monoisotopic (exact) mass is 386 g/mol. The zero-order valence-electron chi connectivity index (χ0n) is 15.2. The molecule has 1 N–H and O–H groups in total. The molecular weight excluding hydrogens is 365 g/mol. The molecule has 2 aromatic heterocycles. The van der Waals surface area contributed by atoms with Crippen LogP contribution in [0.3, 0.4) is 0 Å². The number of hydrogen-bond donors (Lipinski definition) is 1. The summed E-state index contributed by atoms with van der Waals surface area (Å²) in [5, 5.41) is 6.82. The smallest absolute Gasteiger partial charge is 0.422 e. The van der Waals surface area contributed by atoms with Crippen molar-refractivity contribution in [2.45, 2.75) is 38.6 Å². The van der Waals surface area contributed by atoms with Crippen LogP contribution in [0.4, 0.5) is 18.9 Å². The van der Waals surface area contributed by atoms with E-state index < -0.39 is 18.7 Å². The summed E-state index contributed by atoms with van der Waals surface area (Å²) in [5.41, 5.74) is 0.395. The van der Waals surface area contributed by atoms with Gasteiger partial charge < -0.3 is 14.8 Å². The average Bonchev–Trinajstić information content (AvgIpc) is 3.05. The molecule has 0 unspecified atom stereocenters. The third-order valence-corrected chi connectivity index (χ3v) is 3.77. The molecule has 2 rings (SSSR count). The number of anilines is 1. The lowest BCUT2D eigenvalue weighted by atomic mass is 10.1. The van der Waals surface area contributed by atoms with E-state index in [1.165, 1.54) is 18.3 Å². The number of alkyl halides is 3. The van der Waals surface area contributed by atoms with Crippen molar-refractivity contribution in [2.75, 3.05) is 19.0 Å². The fourth-order valence-electron chi connectivity index (χ4n) is 2.00. The Morgan fingerprint density at radius 3 is 2.59 bits per heavy atom. The van der Waals surface area contributed by atoms with E-state index in [2.05, 4.69) is 20.1 Å². The first-order valence-electron chi connectivity index (χ1n) is 8.12. The van der Waals surface area contributed by atoms with Crippen LogP contribution in [-0.4, -0.2) is 46.2 Å². The zero-order valence-corrected chi connectivity index (χ0v) is 15.2. The van der Waals surface area contributed by atoms with Gasteiger partial charge in [-0.25, -0.2) is 4.98 Å². The van der Waals surface area contributed by atoms with Gasteiger partial charge in [-0.1, -0.05) is 0 Å². The summed E-state index contributed by atoms with van der Waals surface area (Å²) in [6, 6.07) is 2.54. The number of nitrogens with zero attached hydrogens (tertiary/aromatic N) is 3. The van der Waals surface area contributed by atoms with Gasteiger partial charge in [0.25, 0.3) is 5.91 Å². The molecule has 0 aliphatic heterocycles. The molecule has 0 atom stereocenters. The van der Waals surface area contributed by atoms with Gasteiger partial charge in [0.05, 0.1) is 23.0 Å². The molecule has 0 aromatic carbocycles. The van der Waals surface area contributed by atoms with Crippen molar-refractivity contribution in [3.63, 3.8) is 0 Å². The molecule has 10 heteroatoms. The van der Waals surface area contributed by atoms with Crippen LogP contribution >= 0.6 is 0 Å². The van der Waals surface area contributed by atoms with Crippen LogP contribution in [0.2, 0.25) is 0 Å². The first-order chi connectivity index (χ1) is 12.6. The van der Waals surface area contributed by atoms with Gasteiger partial charge in [-0.05, 0) is 26.3 Å². The molecule has 0 radical (unpaired) electrons. The highest BCUT2D eigenvalue weighted by atomic mass is 19.4. The Balaban J connectivity index is 1.90. The summed E-state index contributed by atoms with van der Waals surface area (Å²) in [6.45, 7) is 3.11. The van der Waals surface area contributed by atoms with Crippen molar-refractivity contribution in [1.29, 1.82) is 0 Å². The standard InChI is InChI=1S/C17H21F3N4O3/c1-16(2,26-3)6-7-24-10-13(9-22-24)23-15(25)12-4-5-14(21-8-12)27-11-17(18,19)20/h4-5,8-10H,6-7,11H2,1-3H3,(H,23,25). The Morgan fingerprint density at radius 2 is 2.00 bits per heavy atom. The van der Waals surface area contributed by atoms with E-state index in [1.807, 2.05) is 13.8 Å². The van der Waals surface area contributed by atoms with Gasteiger partial charge in [-0.2, -0.15) is 18.3 Å². The van der Waals surface area contributed by atoms with Crippen LogP contribution in [0.15, 0.2) is 30.7 Å². The molecule has 7 nitrogen and oxygen atoms in total. The van der Waals surface area contributed by atoms with E-state index in [9.17, 15) is 18.0 Å². The number of halogens is 3. The molecular formula is C17H21F3N4O3. The lowest BCUT2D eigenvalue weighted by molar-refractivity contribution is -0.154. The van der Waals surface area contributed by atoms with E-state index in [-0.39, 0.29) is 17.0 Å². The fraction of sp³-hybridized carbons (Fsp3) is 0.471. The Labute approximate surface area is 154 Å². The molecule has 0 saturated heterocycles. The minimum absolute atomic E-state index is 0.183. The number of nitrogens with one attached hydrogen (secondary N) is 1. The Hall–Kier alpha value is -2.62. The van der Waals surface area contributed by atoms with Gasteiger partial charge in [-0.15, -0.1) is 0 Å². The first-order valence-corrected chi connectivity index (χ1v) is 8.12. The van der Waals surface area contributed by atoms with E-state index in [0.29, 0.717) is 12.2 Å². The molecule has 27 heavy (non-hydrogen) atoms. The topological polar surface area (TPSA) is 78.3 Å². The predicted molar refractivity (Wildman–Crippen MR) is 91.7 cm³/mol. The van der Waals surface area contributed by atoms with Crippen molar-refractivity contribution in [3.05, 3.63) is 36.3 Å². The fourth-order valence-corrected chi connectivity index (χ4v) is 2.00. The van der Waals surface area contributed by atoms with Gasteiger partial charge in [0.15, 0.2) is 6.61 Å². The number of amides is 1. The molecule has 0 aliphatic rings. The Morgan fingerprint density at radius 1 is 1.26 bits per heavy atom. The van der Waals surface area contributed by atoms with Crippen molar-refractivity contribution in [1.82, 2.24) is 14.8 Å². The molecule has 2 aromatic rings. The molecule has 0 saturated carbocycles. The van der Waals surface area contributed by atoms with Crippen molar-refractivity contribution in [2.24, 2.45) is 0 Å². The van der Waals surface area contributed by atoms with Crippen LogP contribution in [-0.2, 0) is 11.3 Å². The summed E-state index contributed by atoms with van der Waals surface area (Å²) < 4.78 is 47.8. The summed E-state index contributed by atoms with van der Waals surface area (Å²) in [5.74, 6) is -0.668. The number of carbonyl (C=O) groups excluding carboxylic acids is 1. The van der Waals surface area contributed by atoms with Crippen molar-refractivity contribution in [3.8, 4) is 5.88 Å². The van der Waals surface area contributed by atoms with Crippen LogP contribution in [0, 0.1) is 0 Å². The quantitative estimate of drug-likeness (QED) is 0.753. The minimum Gasteiger partial charge on any atom is -0.468 e. The predicted octanol–water partition coefficient (Wildman–Crippen LogP) is 3.29. The summed E-state index contributed by atoms with van der Waals surface area (Å²) in [7, 11) is 1.64. The zero-order chi connectivity index (χ0) is 20.1. The number of ether oxygens (including phenoxy) is 2. The summed E-state index contributed by atoms with van der Waals surface area (Å²) >= 11 is 0. The maximum absolute atomic E-state index is 12.2. The minimum atomic E-state index is -4.45. The van der Waals surface area contributed by atoms with Crippen LogP contribution in [0.25, 0.3) is 0 Å². The molecule has 2 heterocycles. The largest absolute Gasteiger partial charge is 0.468 e. The highest BCUT2D eigenvalue weighted by Crippen LogP contribution is 2.18. The van der Waals surface area contributed by atoms with Gasteiger partial charge in [0, 0.05) is 32.1 Å². The number of rotatable bonds is 8. The second-order valence-electron chi connectivity index (χ2n) is 6.45. The number of aryl methyl sites for hydroxylation is 1. The van der Waals surface area contributed by atoms with Crippen LogP contribution < -0.4 is 10.1 Å². The number of aromatic nitrogens is 3. The molecule has 148 valence electrons. The molecule has 0 bridgehead atoms. The highest BCUT2D eigenvalue weighted by Gasteiger charge is 2.28. The van der Waals surface area contributed by atoms with E-state index in [0.717, 1.165) is 12.6 Å². The second kappa shape index (κ2) is 8.38. The Kier molecular flexibility index (Phi) is 6.42. The normalized spacial score (nSPS) is 12.1. The maximum Gasteiger partial charge on any atom is 0.422 e. The van der Waals surface area contributed by atoms with Gasteiger partial charge in [-0.3, -0.25) is 9.48 Å². The third kappa shape index (κ3) is 6.89.